The Kier molecular flexibility index (Phi) is 2.83. The van der Waals surface area contributed by atoms with E-state index < -0.39 is 0 Å². The number of rotatable bonds is 2. The van der Waals surface area contributed by atoms with Gasteiger partial charge in [-0.3, -0.25) is 4.98 Å². The van der Waals surface area contributed by atoms with Gasteiger partial charge in [0.15, 0.2) is 0 Å². The van der Waals surface area contributed by atoms with Crippen LogP contribution in [0.25, 0.3) is 0 Å². The van der Waals surface area contributed by atoms with Crippen LogP contribution in [0.3, 0.4) is 0 Å². The van der Waals surface area contributed by atoms with Crippen LogP contribution in [0, 0.1) is 0 Å². The van der Waals surface area contributed by atoms with Crippen molar-refractivity contribution >= 4 is 15.9 Å². The molecule has 0 aromatic carbocycles. The van der Waals surface area contributed by atoms with Gasteiger partial charge in [0.1, 0.15) is 6.61 Å². The Balaban J connectivity index is 2.87. The summed E-state index contributed by atoms with van der Waals surface area (Å²) < 4.78 is 0. The largest absolute Gasteiger partial charge is 0.254 e. The monoisotopic (exact) mass is 200 g/mol. The maximum absolute atomic E-state index is 10.3. The van der Waals surface area contributed by atoms with Gasteiger partial charge in [-0.05, 0) is 12.1 Å². The summed E-state index contributed by atoms with van der Waals surface area (Å²) in [5, 5.41) is 11.0. The van der Waals surface area contributed by atoms with Crippen LogP contribution in [0.2, 0.25) is 0 Å². The molecule has 10 heavy (non-hydrogen) atoms. The van der Waals surface area contributed by atoms with Gasteiger partial charge in [0, 0.05) is 5.33 Å². The van der Waals surface area contributed by atoms with Gasteiger partial charge >= 0.3 is 0 Å². The van der Waals surface area contributed by atoms with Gasteiger partial charge < -0.3 is 0 Å². The molecule has 0 unspecified atom stereocenters. The fraction of sp³-hybridized carbons (Fsp3) is 0.286. The molecule has 1 rings (SSSR count). The molecule has 2 nitrogen and oxygen atoms in total. The van der Waals surface area contributed by atoms with Crippen molar-refractivity contribution in [1.82, 2.24) is 4.98 Å². The minimum absolute atomic E-state index is 0.235. The molecule has 1 aromatic heterocycles. The zero-order valence-corrected chi connectivity index (χ0v) is 6.97. The van der Waals surface area contributed by atoms with Gasteiger partial charge in [0.2, 0.25) is 0 Å². The molecule has 1 radical (unpaired) electrons. The van der Waals surface area contributed by atoms with Crippen LogP contribution in [0.5, 0.6) is 0 Å². The lowest BCUT2D eigenvalue weighted by atomic mass is 10.3. The van der Waals surface area contributed by atoms with Crippen LogP contribution in [-0.2, 0) is 17.0 Å². The van der Waals surface area contributed by atoms with E-state index in [9.17, 15) is 5.11 Å². The van der Waals surface area contributed by atoms with Crippen molar-refractivity contribution < 1.29 is 5.11 Å². The Labute approximate surface area is 68.0 Å². The first-order chi connectivity index (χ1) is 4.86. The van der Waals surface area contributed by atoms with Crippen molar-refractivity contribution in [3.05, 3.63) is 29.6 Å². The third-order valence-corrected chi connectivity index (χ3v) is 1.72. The molecule has 0 fully saturated rings. The first-order valence-electron chi connectivity index (χ1n) is 2.95. The van der Waals surface area contributed by atoms with E-state index in [0.29, 0.717) is 11.0 Å². The van der Waals surface area contributed by atoms with Gasteiger partial charge in [0.05, 0.1) is 11.4 Å². The third kappa shape index (κ3) is 1.78. The number of alkyl halides is 1. The Hall–Kier alpha value is -0.410. The Bertz CT molecular complexity index is 195. The molecule has 0 bridgehead atoms. The van der Waals surface area contributed by atoms with Gasteiger partial charge in [-0.25, -0.2) is 5.11 Å². The lowest BCUT2D eigenvalue weighted by Crippen LogP contribution is -1.90. The maximum atomic E-state index is 10.3. The molecule has 1 heterocycles. The third-order valence-electron chi connectivity index (χ3n) is 1.15. The van der Waals surface area contributed by atoms with Crippen LogP contribution in [0.15, 0.2) is 18.2 Å². The van der Waals surface area contributed by atoms with Crippen molar-refractivity contribution in [3.8, 4) is 0 Å². The molecule has 0 aliphatic heterocycles. The maximum Gasteiger partial charge on any atom is 0.124 e. The van der Waals surface area contributed by atoms with Crippen LogP contribution < -0.4 is 0 Å². The molecule has 0 aliphatic carbocycles. The van der Waals surface area contributed by atoms with E-state index in [2.05, 4.69) is 20.9 Å². The second kappa shape index (κ2) is 3.68. The molecule has 0 saturated heterocycles. The fourth-order valence-electron chi connectivity index (χ4n) is 0.684. The van der Waals surface area contributed by atoms with Gasteiger partial charge in [-0.15, -0.1) is 0 Å². The summed E-state index contributed by atoms with van der Waals surface area (Å²) in [5.74, 6) is 0. The minimum Gasteiger partial charge on any atom is -0.254 e. The second-order valence-electron chi connectivity index (χ2n) is 1.90. The lowest BCUT2D eigenvalue weighted by Gasteiger charge is -1.95. The highest BCUT2D eigenvalue weighted by atomic mass is 79.9. The SMILES string of the molecule is [O]Cc1cccc(CBr)n1. The highest BCUT2D eigenvalue weighted by Gasteiger charge is 1.93. The number of hydrogen-bond acceptors (Lipinski definition) is 1. The van der Waals surface area contributed by atoms with E-state index in [0.717, 1.165) is 5.69 Å². The molecule has 0 spiro atoms. The Morgan fingerprint density at radius 1 is 1.40 bits per heavy atom. The summed E-state index contributed by atoms with van der Waals surface area (Å²) in [4.78, 5) is 4.05. The Morgan fingerprint density at radius 3 is 2.70 bits per heavy atom. The van der Waals surface area contributed by atoms with E-state index in [1.165, 1.54) is 0 Å². The molecule has 53 valence electrons. The molecule has 0 amide bonds. The van der Waals surface area contributed by atoms with Crippen molar-refractivity contribution in [1.29, 1.82) is 0 Å². The molecule has 0 saturated carbocycles. The predicted octanol–water partition coefficient (Wildman–Crippen LogP) is 1.91. The van der Waals surface area contributed by atoms with Gasteiger partial charge in [-0.2, -0.15) is 0 Å². The predicted molar refractivity (Wildman–Crippen MR) is 41.3 cm³/mol. The number of halogens is 1. The van der Waals surface area contributed by atoms with E-state index in [4.69, 9.17) is 0 Å². The van der Waals surface area contributed by atoms with E-state index >= 15 is 0 Å². The number of aromatic nitrogens is 1. The Morgan fingerprint density at radius 2 is 2.10 bits per heavy atom. The number of pyridine rings is 1. The van der Waals surface area contributed by atoms with Gasteiger partial charge in [-0.1, -0.05) is 22.0 Å². The first kappa shape index (κ1) is 7.69. The van der Waals surface area contributed by atoms with E-state index in [1.807, 2.05) is 12.1 Å². The highest BCUT2D eigenvalue weighted by molar-refractivity contribution is 9.08. The van der Waals surface area contributed by atoms with E-state index in [1.54, 1.807) is 6.07 Å². The van der Waals surface area contributed by atoms with Crippen LogP contribution >= 0.6 is 15.9 Å². The van der Waals surface area contributed by atoms with Crippen LogP contribution in [0.4, 0.5) is 0 Å². The summed E-state index contributed by atoms with van der Waals surface area (Å²) in [6, 6.07) is 5.46. The zero-order chi connectivity index (χ0) is 7.40. The van der Waals surface area contributed by atoms with Crippen molar-refractivity contribution in [2.75, 3.05) is 0 Å². The summed E-state index contributed by atoms with van der Waals surface area (Å²) in [6.45, 7) is -0.235. The van der Waals surface area contributed by atoms with Gasteiger partial charge in [0.25, 0.3) is 0 Å². The van der Waals surface area contributed by atoms with E-state index in [-0.39, 0.29) is 6.61 Å². The summed E-state index contributed by atoms with van der Waals surface area (Å²) in [5.41, 5.74) is 1.52. The van der Waals surface area contributed by atoms with Crippen LogP contribution in [-0.4, -0.2) is 4.98 Å². The molecule has 1 aromatic rings. The summed E-state index contributed by atoms with van der Waals surface area (Å²) >= 11 is 3.26. The molecular formula is C7H7BrNO. The molecular weight excluding hydrogens is 194 g/mol. The molecule has 0 N–H and O–H groups in total. The number of hydrogen-bond donors (Lipinski definition) is 0. The minimum atomic E-state index is -0.235. The average molecular weight is 201 g/mol. The first-order valence-corrected chi connectivity index (χ1v) is 4.08. The molecule has 0 aliphatic rings. The molecule has 0 atom stereocenters. The normalized spacial score (nSPS) is 9.80. The summed E-state index contributed by atoms with van der Waals surface area (Å²) in [7, 11) is 0. The molecule has 3 heteroatoms. The average Bonchev–Trinajstić information content (AvgIpc) is 2.05. The van der Waals surface area contributed by atoms with Crippen LogP contribution in [0.1, 0.15) is 11.4 Å². The zero-order valence-electron chi connectivity index (χ0n) is 5.38. The quantitative estimate of drug-likeness (QED) is 0.672. The lowest BCUT2D eigenvalue weighted by molar-refractivity contribution is 0.173. The van der Waals surface area contributed by atoms with Crippen molar-refractivity contribution in [3.63, 3.8) is 0 Å². The topological polar surface area (TPSA) is 32.8 Å². The summed E-state index contributed by atoms with van der Waals surface area (Å²) in [6.07, 6.45) is 0. The van der Waals surface area contributed by atoms with Crippen molar-refractivity contribution in [2.24, 2.45) is 0 Å². The number of nitrogens with zero attached hydrogens (tertiary/aromatic N) is 1. The smallest absolute Gasteiger partial charge is 0.124 e. The van der Waals surface area contributed by atoms with Crippen molar-refractivity contribution in [2.45, 2.75) is 11.9 Å². The second-order valence-corrected chi connectivity index (χ2v) is 2.46. The standard InChI is InChI=1S/C7H7BrNO/c8-4-6-2-1-3-7(5-10)9-6/h1-3H,4-5H2. The fourth-order valence-corrected chi connectivity index (χ4v) is 0.996. The highest BCUT2D eigenvalue weighted by Crippen LogP contribution is 2.03.